The standard InChI is InChI=1S/C16H22GeS3/c1-3-5-9-17(10-6-4-2)15-13(7-11-18-15)20-14-8-12-19-16(14)17/h7-8,11-12H,3-6,9-10H2,1-2H3. The molecule has 0 amide bonds. The predicted octanol–water partition coefficient (Wildman–Crippen LogP) is 5.44. The second-order valence-corrected chi connectivity index (χ2v) is 18.8. The summed E-state index contributed by atoms with van der Waals surface area (Å²) in [4.78, 5) is 3.21. The molecule has 2 aromatic heterocycles. The monoisotopic (exact) mass is 384 g/mol. The minimum absolute atomic E-state index is 1.34. The molecule has 0 nitrogen and oxygen atoms in total. The first-order valence-corrected chi connectivity index (χ1v) is 15.3. The van der Waals surface area contributed by atoms with Crippen molar-refractivity contribution in [2.24, 2.45) is 0 Å². The molecule has 0 N–H and O–H groups in total. The van der Waals surface area contributed by atoms with E-state index in [0.29, 0.717) is 0 Å². The number of rotatable bonds is 6. The normalized spacial score (nSPS) is 15.9. The van der Waals surface area contributed by atoms with E-state index in [-0.39, 0.29) is 0 Å². The van der Waals surface area contributed by atoms with Gasteiger partial charge in [-0.1, -0.05) is 0 Å². The van der Waals surface area contributed by atoms with Crippen molar-refractivity contribution in [1.82, 2.24) is 0 Å². The summed E-state index contributed by atoms with van der Waals surface area (Å²) in [5.74, 6) is 0. The molecule has 4 heteroatoms. The van der Waals surface area contributed by atoms with Gasteiger partial charge in [0.25, 0.3) is 0 Å². The molecule has 1 aliphatic rings. The summed E-state index contributed by atoms with van der Waals surface area (Å²) in [6.07, 6.45) is 5.52. The SMILES string of the molecule is CCC[CH2][Ge]1([CH2]CCC)[c]2sccc2Sc2ccs[c]21. The van der Waals surface area contributed by atoms with Gasteiger partial charge in [0.1, 0.15) is 0 Å². The molecule has 0 bridgehead atoms. The van der Waals surface area contributed by atoms with E-state index < -0.39 is 13.3 Å². The van der Waals surface area contributed by atoms with Crippen molar-refractivity contribution >= 4 is 55.1 Å². The van der Waals surface area contributed by atoms with E-state index in [9.17, 15) is 0 Å². The molecule has 0 spiro atoms. The number of fused-ring (bicyclic) bond motifs is 2. The first-order chi connectivity index (χ1) is 9.81. The van der Waals surface area contributed by atoms with Gasteiger partial charge in [-0.15, -0.1) is 0 Å². The van der Waals surface area contributed by atoms with Crippen molar-refractivity contribution in [3.05, 3.63) is 22.9 Å². The van der Waals surface area contributed by atoms with E-state index in [1.807, 2.05) is 19.2 Å². The molecule has 20 heavy (non-hydrogen) atoms. The Bertz CT molecular complexity index is 520. The molecule has 0 aliphatic carbocycles. The maximum absolute atomic E-state index is 2.38. The predicted molar refractivity (Wildman–Crippen MR) is 97.2 cm³/mol. The van der Waals surface area contributed by atoms with Gasteiger partial charge in [-0.3, -0.25) is 0 Å². The zero-order valence-electron chi connectivity index (χ0n) is 12.3. The van der Waals surface area contributed by atoms with Crippen LogP contribution in [0.1, 0.15) is 39.5 Å². The second-order valence-electron chi connectivity index (χ2n) is 5.62. The Kier molecular flexibility index (Phi) is 5.01. The molecule has 3 rings (SSSR count). The third-order valence-corrected chi connectivity index (χ3v) is 23.2. The average molecular weight is 383 g/mol. The van der Waals surface area contributed by atoms with Crippen LogP contribution in [0.2, 0.25) is 10.5 Å². The van der Waals surface area contributed by atoms with Crippen molar-refractivity contribution in [3.8, 4) is 0 Å². The maximum atomic E-state index is 2.38. The Morgan fingerprint density at radius 3 is 1.80 bits per heavy atom. The molecular formula is C16H22GeS3. The van der Waals surface area contributed by atoms with Gasteiger partial charge in [-0.2, -0.15) is 0 Å². The van der Waals surface area contributed by atoms with Crippen LogP contribution in [0.15, 0.2) is 32.7 Å². The zero-order chi connectivity index (χ0) is 14.0. The molecular weight excluding hydrogens is 361 g/mol. The van der Waals surface area contributed by atoms with Crippen molar-refractivity contribution in [2.45, 2.75) is 59.8 Å². The fourth-order valence-corrected chi connectivity index (χ4v) is 25.2. The third-order valence-electron chi connectivity index (χ3n) is 4.26. The molecule has 0 radical (unpaired) electrons. The third kappa shape index (κ3) is 2.55. The molecule has 1 aliphatic heterocycles. The Morgan fingerprint density at radius 1 is 0.850 bits per heavy atom. The van der Waals surface area contributed by atoms with Gasteiger partial charge >= 0.3 is 138 Å². The number of unbranched alkanes of at least 4 members (excludes halogenated alkanes) is 2. The summed E-state index contributed by atoms with van der Waals surface area (Å²) in [5.41, 5.74) is 0. The molecule has 3 heterocycles. The van der Waals surface area contributed by atoms with Crippen molar-refractivity contribution < 1.29 is 0 Å². The zero-order valence-corrected chi connectivity index (χ0v) is 16.8. The summed E-state index contributed by atoms with van der Waals surface area (Å²) in [5, 5.41) is 7.70. The topological polar surface area (TPSA) is 0 Å². The summed E-state index contributed by atoms with van der Waals surface area (Å²) in [7, 11) is 0. The first-order valence-electron chi connectivity index (χ1n) is 7.65. The molecule has 0 saturated heterocycles. The van der Waals surface area contributed by atoms with Crippen molar-refractivity contribution in [3.63, 3.8) is 0 Å². The molecule has 108 valence electrons. The summed E-state index contributed by atoms with van der Waals surface area (Å²) in [6, 6.07) is 4.76. The fraction of sp³-hybridized carbons (Fsp3) is 0.500. The van der Waals surface area contributed by atoms with Crippen molar-refractivity contribution in [2.75, 3.05) is 0 Å². The van der Waals surface area contributed by atoms with E-state index in [1.54, 1.807) is 9.79 Å². The van der Waals surface area contributed by atoms with Crippen LogP contribution in [0.25, 0.3) is 0 Å². The molecule has 0 saturated carbocycles. The van der Waals surface area contributed by atoms with Crippen LogP contribution in [0.4, 0.5) is 0 Å². The Hall–Kier alpha value is 0.293. The first kappa shape index (κ1) is 15.2. The molecule has 2 aromatic rings. The number of hydrogen-bond acceptors (Lipinski definition) is 3. The van der Waals surface area contributed by atoms with Crippen LogP contribution in [0, 0.1) is 0 Å². The van der Waals surface area contributed by atoms with E-state index in [1.165, 1.54) is 36.2 Å². The molecule has 0 aromatic carbocycles. The van der Waals surface area contributed by atoms with Gasteiger partial charge < -0.3 is 0 Å². The van der Waals surface area contributed by atoms with Crippen LogP contribution in [0.3, 0.4) is 0 Å². The van der Waals surface area contributed by atoms with Crippen LogP contribution in [0.5, 0.6) is 0 Å². The Labute approximate surface area is 137 Å². The van der Waals surface area contributed by atoms with E-state index in [0.717, 1.165) is 0 Å². The number of thiophene rings is 2. The Balaban J connectivity index is 2.08. The summed E-state index contributed by atoms with van der Waals surface area (Å²) < 4.78 is 3.68. The van der Waals surface area contributed by atoms with Gasteiger partial charge in [0.15, 0.2) is 0 Å². The average Bonchev–Trinajstić information content (AvgIpc) is 3.11. The van der Waals surface area contributed by atoms with Crippen LogP contribution < -0.4 is 7.42 Å². The van der Waals surface area contributed by atoms with Crippen molar-refractivity contribution in [1.29, 1.82) is 0 Å². The quantitative estimate of drug-likeness (QED) is 0.599. The molecule has 0 unspecified atom stereocenters. The minimum atomic E-state index is -2.06. The van der Waals surface area contributed by atoms with Gasteiger partial charge in [-0.25, -0.2) is 0 Å². The van der Waals surface area contributed by atoms with E-state index in [4.69, 9.17) is 0 Å². The summed E-state index contributed by atoms with van der Waals surface area (Å²) >= 11 is 4.11. The Morgan fingerprint density at radius 2 is 1.35 bits per heavy atom. The fourth-order valence-electron chi connectivity index (χ4n) is 3.21. The van der Waals surface area contributed by atoms with E-state index >= 15 is 0 Å². The molecule has 0 atom stereocenters. The van der Waals surface area contributed by atoms with Crippen LogP contribution >= 0.6 is 34.4 Å². The van der Waals surface area contributed by atoms with Gasteiger partial charge in [0.2, 0.25) is 0 Å². The summed E-state index contributed by atoms with van der Waals surface area (Å²) in [6.45, 7) is 4.69. The van der Waals surface area contributed by atoms with Crippen LogP contribution in [-0.2, 0) is 0 Å². The number of hydrogen-bond donors (Lipinski definition) is 0. The van der Waals surface area contributed by atoms with Gasteiger partial charge in [-0.05, 0) is 0 Å². The van der Waals surface area contributed by atoms with Crippen LogP contribution in [-0.4, -0.2) is 13.3 Å². The van der Waals surface area contributed by atoms with Gasteiger partial charge in [0.05, 0.1) is 0 Å². The van der Waals surface area contributed by atoms with Gasteiger partial charge in [0, 0.05) is 0 Å². The molecule has 0 fully saturated rings. The second kappa shape index (κ2) is 6.59. The van der Waals surface area contributed by atoms with E-state index in [2.05, 4.69) is 59.4 Å².